The van der Waals surface area contributed by atoms with Gasteiger partial charge in [-0.1, -0.05) is 31.2 Å². The largest absolute Gasteiger partial charge is 0.321 e. The monoisotopic (exact) mass is 349 g/mol. The van der Waals surface area contributed by atoms with E-state index in [1.54, 1.807) is 6.20 Å². The van der Waals surface area contributed by atoms with Crippen LogP contribution in [0.15, 0.2) is 30.5 Å². The maximum Gasteiger partial charge on any atom is 0.277 e. The predicted molar refractivity (Wildman–Crippen MR) is 96.9 cm³/mol. The zero-order valence-corrected chi connectivity index (χ0v) is 14.8. The Morgan fingerprint density at radius 2 is 2.08 bits per heavy atom. The van der Waals surface area contributed by atoms with Crippen molar-refractivity contribution in [3.05, 3.63) is 41.7 Å². The Balaban J connectivity index is 0.00000208. The average Bonchev–Trinajstić information content (AvgIpc) is 3.06. The van der Waals surface area contributed by atoms with Gasteiger partial charge in [0.1, 0.15) is 0 Å². The summed E-state index contributed by atoms with van der Waals surface area (Å²) in [5.41, 5.74) is 2.34. The summed E-state index contributed by atoms with van der Waals surface area (Å²) in [5.74, 6) is 0.207. The van der Waals surface area contributed by atoms with Gasteiger partial charge in [-0.05, 0) is 49.5 Å². The van der Waals surface area contributed by atoms with Crippen molar-refractivity contribution >= 4 is 24.0 Å². The van der Waals surface area contributed by atoms with Crippen LogP contribution in [-0.2, 0) is 0 Å². The van der Waals surface area contributed by atoms with E-state index in [9.17, 15) is 4.79 Å². The van der Waals surface area contributed by atoms with Crippen molar-refractivity contribution < 1.29 is 4.79 Å². The van der Waals surface area contributed by atoms with Crippen LogP contribution < -0.4 is 10.6 Å². The first-order valence-electron chi connectivity index (χ1n) is 8.17. The smallest absolute Gasteiger partial charge is 0.277 e. The maximum absolute atomic E-state index is 12.4. The van der Waals surface area contributed by atoms with Gasteiger partial charge in [-0.3, -0.25) is 4.79 Å². The van der Waals surface area contributed by atoms with Gasteiger partial charge in [-0.2, -0.15) is 0 Å². The Bertz CT molecular complexity index is 679. The SMILES string of the molecule is CC(C)c1cccc(NC(=O)c2cn(C3CCNCC3)nn2)c1.Cl. The minimum Gasteiger partial charge on any atom is -0.321 e. The third-order valence-corrected chi connectivity index (χ3v) is 4.24. The first-order chi connectivity index (χ1) is 11.1. The molecule has 6 nitrogen and oxygen atoms in total. The van der Waals surface area contributed by atoms with Crippen molar-refractivity contribution in [2.24, 2.45) is 0 Å². The van der Waals surface area contributed by atoms with Gasteiger partial charge in [0, 0.05) is 5.69 Å². The number of nitrogens with zero attached hydrogens (tertiary/aromatic N) is 3. The highest BCUT2D eigenvalue weighted by Crippen LogP contribution is 2.20. The van der Waals surface area contributed by atoms with E-state index in [2.05, 4.69) is 40.9 Å². The number of anilines is 1. The molecule has 0 bridgehead atoms. The molecule has 0 aliphatic carbocycles. The highest BCUT2D eigenvalue weighted by atomic mass is 35.5. The third-order valence-electron chi connectivity index (χ3n) is 4.24. The lowest BCUT2D eigenvalue weighted by molar-refractivity contribution is 0.102. The number of benzene rings is 1. The van der Waals surface area contributed by atoms with Crippen LogP contribution in [-0.4, -0.2) is 34.0 Å². The molecular weight excluding hydrogens is 326 g/mol. The zero-order chi connectivity index (χ0) is 16.2. The number of carbonyl (C=O) groups excluding carboxylic acids is 1. The molecule has 0 radical (unpaired) electrons. The Morgan fingerprint density at radius 3 is 2.79 bits per heavy atom. The topological polar surface area (TPSA) is 71.8 Å². The summed E-state index contributed by atoms with van der Waals surface area (Å²) >= 11 is 0. The maximum atomic E-state index is 12.4. The molecule has 0 unspecified atom stereocenters. The molecule has 0 saturated carbocycles. The van der Waals surface area contributed by atoms with E-state index in [-0.39, 0.29) is 18.3 Å². The molecule has 24 heavy (non-hydrogen) atoms. The molecule has 2 heterocycles. The minimum atomic E-state index is -0.217. The summed E-state index contributed by atoms with van der Waals surface area (Å²) in [6.45, 7) is 6.22. The molecule has 2 N–H and O–H groups in total. The molecular formula is C17H24ClN5O. The van der Waals surface area contributed by atoms with E-state index in [1.165, 1.54) is 5.56 Å². The fourth-order valence-electron chi connectivity index (χ4n) is 2.80. The van der Waals surface area contributed by atoms with Crippen LogP contribution in [0.5, 0.6) is 0 Å². The van der Waals surface area contributed by atoms with Crippen LogP contribution in [0, 0.1) is 0 Å². The molecule has 0 spiro atoms. The number of halogens is 1. The number of hydrogen-bond donors (Lipinski definition) is 2. The van der Waals surface area contributed by atoms with Gasteiger partial charge in [0.15, 0.2) is 5.69 Å². The second-order valence-corrected chi connectivity index (χ2v) is 6.30. The van der Waals surface area contributed by atoms with Gasteiger partial charge in [-0.25, -0.2) is 4.68 Å². The molecule has 1 amide bonds. The van der Waals surface area contributed by atoms with E-state index in [1.807, 2.05) is 22.9 Å². The van der Waals surface area contributed by atoms with Crippen LogP contribution in [0.25, 0.3) is 0 Å². The average molecular weight is 350 g/mol. The molecule has 1 saturated heterocycles. The van der Waals surface area contributed by atoms with E-state index in [4.69, 9.17) is 0 Å². The van der Waals surface area contributed by atoms with Gasteiger partial charge >= 0.3 is 0 Å². The van der Waals surface area contributed by atoms with Crippen molar-refractivity contribution in [3.63, 3.8) is 0 Å². The lowest BCUT2D eigenvalue weighted by Gasteiger charge is -2.22. The quantitative estimate of drug-likeness (QED) is 0.890. The number of nitrogens with one attached hydrogen (secondary N) is 2. The van der Waals surface area contributed by atoms with E-state index >= 15 is 0 Å². The normalized spacial score (nSPS) is 15.1. The van der Waals surface area contributed by atoms with Crippen molar-refractivity contribution in [2.75, 3.05) is 18.4 Å². The second-order valence-electron chi connectivity index (χ2n) is 6.30. The summed E-state index contributed by atoms with van der Waals surface area (Å²) in [6, 6.07) is 8.24. The highest BCUT2D eigenvalue weighted by molar-refractivity contribution is 6.02. The van der Waals surface area contributed by atoms with Crippen molar-refractivity contribution in [3.8, 4) is 0 Å². The first kappa shape index (κ1) is 18.4. The molecule has 1 aromatic carbocycles. The summed E-state index contributed by atoms with van der Waals surface area (Å²) in [7, 11) is 0. The summed E-state index contributed by atoms with van der Waals surface area (Å²) in [4.78, 5) is 12.4. The fourth-order valence-corrected chi connectivity index (χ4v) is 2.80. The van der Waals surface area contributed by atoms with Gasteiger partial charge in [0.2, 0.25) is 0 Å². The first-order valence-corrected chi connectivity index (χ1v) is 8.17. The van der Waals surface area contributed by atoms with Crippen LogP contribution in [0.4, 0.5) is 5.69 Å². The van der Waals surface area contributed by atoms with Gasteiger partial charge in [0.05, 0.1) is 12.2 Å². The van der Waals surface area contributed by atoms with Crippen molar-refractivity contribution in [1.82, 2.24) is 20.3 Å². The zero-order valence-electron chi connectivity index (χ0n) is 14.0. The van der Waals surface area contributed by atoms with Crippen LogP contribution in [0.3, 0.4) is 0 Å². The molecule has 7 heteroatoms. The lowest BCUT2D eigenvalue weighted by atomic mass is 10.0. The van der Waals surface area contributed by atoms with Gasteiger partial charge in [-0.15, -0.1) is 17.5 Å². The second kappa shape index (κ2) is 8.26. The fraction of sp³-hybridized carbons (Fsp3) is 0.471. The summed E-state index contributed by atoms with van der Waals surface area (Å²) in [5, 5.41) is 14.4. The van der Waals surface area contributed by atoms with Crippen LogP contribution in [0.2, 0.25) is 0 Å². The molecule has 3 rings (SSSR count). The molecule has 1 aliphatic heterocycles. The van der Waals surface area contributed by atoms with E-state index < -0.39 is 0 Å². The lowest BCUT2D eigenvalue weighted by Crippen LogP contribution is -2.29. The number of hydrogen-bond acceptors (Lipinski definition) is 4. The minimum absolute atomic E-state index is 0. The third kappa shape index (κ3) is 4.33. The van der Waals surface area contributed by atoms with Crippen LogP contribution in [0.1, 0.15) is 54.7 Å². The molecule has 2 aromatic rings. The van der Waals surface area contributed by atoms with Crippen LogP contribution >= 0.6 is 12.4 Å². The number of carbonyl (C=O) groups is 1. The number of piperidine rings is 1. The molecule has 0 atom stereocenters. The Morgan fingerprint density at radius 1 is 1.33 bits per heavy atom. The summed E-state index contributed by atoms with van der Waals surface area (Å²) < 4.78 is 1.82. The van der Waals surface area contributed by atoms with E-state index in [0.29, 0.717) is 17.7 Å². The van der Waals surface area contributed by atoms with Gasteiger partial charge < -0.3 is 10.6 Å². The van der Waals surface area contributed by atoms with E-state index in [0.717, 1.165) is 31.6 Å². The molecule has 130 valence electrons. The summed E-state index contributed by atoms with van der Waals surface area (Å²) in [6.07, 6.45) is 3.78. The molecule has 1 aliphatic rings. The standard InChI is InChI=1S/C17H23N5O.ClH/c1-12(2)13-4-3-5-14(10-13)19-17(23)16-11-22(21-20-16)15-6-8-18-9-7-15;/h3-5,10-12,15,18H,6-9H2,1-2H3,(H,19,23);1H. The molecule has 1 aromatic heterocycles. The Kier molecular flexibility index (Phi) is 6.34. The Hall–Kier alpha value is -1.92. The van der Waals surface area contributed by atoms with Crippen molar-refractivity contribution in [2.45, 2.75) is 38.6 Å². The number of amides is 1. The Labute approximate surface area is 148 Å². The predicted octanol–water partition coefficient (Wildman–Crippen LogP) is 3.00. The number of rotatable bonds is 4. The van der Waals surface area contributed by atoms with Gasteiger partial charge in [0.25, 0.3) is 5.91 Å². The van der Waals surface area contributed by atoms with Crippen molar-refractivity contribution in [1.29, 1.82) is 0 Å². The number of aromatic nitrogens is 3. The highest BCUT2D eigenvalue weighted by Gasteiger charge is 2.18. The molecule has 1 fully saturated rings.